The molecule has 0 radical (unpaired) electrons. The molecule has 0 fully saturated rings. The number of rotatable bonds is 6. The van der Waals surface area contributed by atoms with Crippen LogP contribution in [-0.4, -0.2) is 31.9 Å². The average molecular weight is 431 g/mol. The number of hydrogen-bond donors (Lipinski definition) is 3. The van der Waals surface area contributed by atoms with Crippen molar-refractivity contribution in [2.24, 2.45) is 0 Å². The van der Waals surface area contributed by atoms with E-state index in [1.165, 1.54) is 11.3 Å². The van der Waals surface area contributed by atoms with Gasteiger partial charge in [0.05, 0.1) is 17.8 Å². The summed E-state index contributed by atoms with van der Waals surface area (Å²) in [5.74, 6) is -5.34. The van der Waals surface area contributed by atoms with Gasteiger partial charge in [-0.1, -0.05) is 11.3 Å². The fourth-order valence-corrected chi connectivity index (χ4v) is 3.48. The zero-order valence-electron chi connectivity index (χ0n) is 15.0. The highest BCUT2D eigenvalue weighted by Crippen LogP contribution is 2.22. The van der Waals surface area contributed by atoms with Gasteiger partial charge in [0.15, 0.2) is 10.8 Å². The zero-order valence-corrected chi connectivity index (χ0v) is 15.8. The van der Waals surface area contributed by atoms with Crippen molar-refractivity contribution < 1.29 is 22.8 Å². The minimum Gasteiger partial charge on any atom is -0.359 e. The molecule has 11 heteroatoms. The Labute approximate surface area is 171 Å². The Morgan fingerprint density at radius 3 is 2.53 bits per heavy atom. The summed E-state index contributed by atoms with van der Waals surface area (Å²) in [4.78, 5) is 30.2. The third-order valence-electron chi connectivity index (χ3n) is 4.12. The van der Waals surface area contributed by atoms with Crippen molar-refractivity contribution in [1.82, 2.24) is 25.5 Å². The second-order valence-corrected chi connectivity index (χ2v) is 7.21. The minimum absolute atomic E-state index is 0.00962. The minimum atomic E-state index is -1.32. The first-order chi connectivity index (χ1) is 14.4. The highest BCUT2D eigenvalue weighted by atomic mass is 32.1. The maximum Gasteiger partial charge on any atom is 0.268 e. The van der Waals surface area contributed by atoms with E-state index in [0.717, 1.165) is 18.0 Å². The van der Waals surface area contributed by atoms with Crippen LogP contribution in [-0.2, 0) is 6.54 Å². The van der Waals surface area contributed by atoms with Crippen molar-refractivity contribution in [2.45, 2.75) is 6.54 Å². The quantitative estimate of drug-likeness (QED) is 0.407. The van der Waals surface area contributed by atoms with Gasteiger partial charge in [0.25, 0.3) is 5.91 Å². The van der Waals surface area contributed by atoms with Crippen LogP contribution in [0.25, 0.3) is 10.7 Å². The summed E-state index contributed by atoms with van der Waals surface area (Å²) in [6.07, 6.45) is 2.90. The first kappa shape index (κ1) is 19.6. The summed E-state index contributed by atoms with van der Waals surface area (Å²) >= 11 is 1.29. The molecule has 0 aliphatic carbocycles. The lowest BCUT2D eigenvalue weighted by atomic mass is 10.0. The topological polar surface area (TPSA) is 104 Å². The van der Waals surface area contributed by atoms with Gasteiger partial charge in [-0.3, -0.25) is 9.59 Å². The Bertz CT molecular complexity index is 1210. The van der Waals surface area contributed by atoms with E-state index in [2.05, 4.69) is 25.5 Å². The van der Waals surface area contributed by atoms with Gasteiger partial charge < -0.3 is 15.3 Å². The molecular formula is C19H12F3N5O2S. The molecule has 30 heavy (non-hydrogen) atoms. The van der Waals surface area contributed by atoms with E-state index in [4.69, 9.17) is 0 Å². The third kappa shape index (κ3) is 3.87. The maximum absolute atomic E-state index is 13.8. The molecule has 1 amide bonds. The highest BCUT2D eigenvalue weighted by molar-refractivity contribution is 7.14. The van der Waals surface area contributed by atoms with Crippen LogP contribution >= 0.6 is 11.3 Å². The number of aromatic nitrogens is 4. The molecule has 0 aliphatic rings. The standard InChI is InChI=1S/C19H12F3N5O2S/c20-10-5-11(21)16(12(22)6-10)17(28)9-4-14(24-7-9)18(29)25-8-15-26-27-19(30-15)13-2-1-3-23-13/h1-7,23-24H,8H2,(H,25,29). The van der Waals surface area contributed by atoms with Crippen LogP contribution in [0.2, 0.25) is 0 Å². The van der Waals surface area contributed by atoms with E-state index < -0.39 is 34.7 Å². The van der Waals surface area contributed by atoms with Gasteiger partial charge in [0.2, 0.25) is 0 Å². The van der Waals surface area contributed by atoms with Gasteiger partial charge in [-0.15, -0.1) is 10.2 Å². The number of benzene rings is 1. The van der Waals surface area contributed by atoms with Gasteiger partial charge in [-0.2, -0.15) is 0 Å². The SMILES string of the molecule is O=C(NCc1nnc(-c2ccc[nH]2)s1)c1cc(C(=O)c2c(F)cc(F)cc2F)c[nH]1. The van der Waals surface area contributed by atoms with Crippen LogP contribution in [0, 0.1) is 17.5 Å². The summed E-state index contributed by atoms with van der Waals surface area (Å²) in [6.45, 7) is 0.0979. The lowest BCUT2D eigenvalue weighted by Gasteiger charge is -2.03. The molecule has 7 nitrogen and oxygen atoms in total. The predicted molar refractivity (Wildman–Crippen MR) is 101 cm³/mol. The monoisotopic (exact) mass is 431 g/mol. The fraction of sp³-hybridized carbons (Fsp3) is 0.0526. The van der Waals surface area contributed by atoms with Crippen LogP contribution in [0.3, 0.4) is 0 Å². The highest BCUT2D eigenvalue weighted by Gasteiger charge is 2.22. The number of nitrogens with one attached hydrogen (secondary N) is 3. The number of carbonyl (C=O) groups excluding carboxylic acids is 2. The van der Waals surface area contributed by atoms with E-state index in [9.17, 15) is 22.8 Å². The number of amides is 1. The molecule has 4 rings (SSSR count). The van der Waals surface area contributed by atoms with Crippen LogP contribution < -0.4 is 5.32 Å². The molecule has 0 unspecified atom stereocenters. The Morgan fingerprint density at radius 1 is 1.07 bits per heavy atom. The number of hydrogen-bond acceptors (Lipinski definition) is 5. The lowest BCUT2D eigenvalue weighted by Crippen LogP contribution is -2.23. The summed E-state index contributed by atoms with van der Waals surface area (Å²) in [7, 11) is 0. The van der Waals surface area contributed by atoms with E-state index in [-0.39, 0.29) is 17.8 Å². The van der Waals surface area contributed by atoms with Gasteiger partial charge >= 0.3 is 0 Å². The number of H-pyrrole nitrogens is 2. The molecule has 0 bridgehead atoms. The van der Waals surface area contributed by atoms with Gasteiger partial charge in [-0.05, 0) is 18.2 Å². The molecule has 3 N–H and O–H groups in total. The fourth-order valence-electron chi connectivity index (χ4n) is 2.71. The number of aromatic amines is 2. The van der Waals surface area contributed by atoms with E-state index in [0.29, 0.717) is 22.1 Å². The van der Waals surface area contributed by atoms with Crippen LogP contribution in [0.5, 0.6) is 0 Å². The molecule has 0 saturated carbocycles. The van der Waals surface area contributed by atoms with Crippen molar-refractivity contribution in [2.75, 3.05) is 0 Å². The Hall–Kier alpha value is -3.73. The summed E-state index contributed by atoms with van der Waals surface area (Å²) in [5.41, 5.74) is -0.226. The second kappa shape index (κ2) is 7.95. The second-order valence-electron chi connectivity index (χ2n) is 6.14. The van der Waals surface area contributed by atoms with E-state index in [1.807, 2.05) is 12.1 Å². The number of nitrogens with zero attached hydrogens (tertiary/aromatic N) is 2. The normalized spacial score (nSPS) is 10.9. The van der Waals surface area contributed by atoms with Gasteiger partial charge in [-0.25, -0.2) is 13.2 Å². The maximum atomic E-state index is 13.8. The molecular weight excluding hydrogens is 419 g/mol. The summed E-state index contributed by atoms with van der Waals surface area (Å²) in [5, 5.41) is 11.9. The summed E-state index contributed by atoms with van der Waals surface area (Å²) < 4.78 is 40.7. The van der Waals surface area contributed by atoms with Crippen LogP contribution in [0.15, 0.2) is 42.7 Å². The molecule has 152 valence electrons. The average Bonchev–Trinajstić information content (AvgIpc) is 3.46. The number of halogens is 3. The van der Waals surface area contributed by atoms with Gasteiger partial charge in [0.1, 0.15) is 28.2 Å². The van der Waals surface area contributed by atoms with Crippen molar-refractivity contribution in [3.8, 4) is 10.7 Å². The first-order valence-electron chi connectivity index (χ1n) is 8.54. The smallest absolute Gasteiger partial charge is 0.268 e. The Balaban J connectivity index is 1.44. The molecule has 0 aliphatic heterocycles. The van der Waals surface area contributed by atoms with Crippen molar-refractivity contribution in [1.29, 1.82) is 0 Å². The molecule has 0 saturated heterocycles. The molecule has 3 aromatic heterocycles. The molecule has 4 aromatic rings. The number of ketones is 1. The van der Waals surface area contributed by atoms with E-state index in [1.54, 1.807) is 6.20 Å². The van der Waals surface area contributed by atoms with Crippen LogP contribution in [0.4, 0.5) is 13.2 Å². The first-order valence-corrected chi connectivity index (χ1v) is 9.36. The summed E-state index contributed by atoms with van der Waals surface area (Å²) in [6, 6.07) is 5.66. The van der Waals surface area contributed by atoms with Crippen molar-refractivity contribution in [3.63, 3.8) is 0 Å². The molecule has 0 atom stereocenters. The van der Waals surface area contributed by atoms with Crippen molar-refractivity contribution >= 4 is 23.0 Å². The largest absolute Gasteiger partial charge is 0.359 e. The molecule has 1 aromatic carbocycles. The van der Waals surface area contributed by atoms with Crippen LogP contribution in [0.1, 0.15) is 31.4 Å². The van der Waals surface area contributed by atoms with Gasteiger partial charge in [0, 0.05) is 30.1 Å². The molecule has 3 heterocycles. The molecule has 0 spiro atoms. The van der Waals surface area contributed by atoms with E-state index >= 15 is 0 Å². The lowest BCUT2D eigenvalue weighted by molar-refractivity contribution is 0.0946. The van der Waals surface area contributed by atoms with Crippen molar-refractivity contribution in [3.05, 3.63) is 82.0 Å². The third-order valence-corrected chi connectivity index (χ3v) is 5.08. The zero-order chi connectivity index (χ0) is 21.3. The Morgan fingerprint density at radius 2 is 1.83 bits per heavy atom. The Kier molecular flexibility index (Phi) is 5.19. The predicted octanol–water partition coefficient (Wildman–Crippen LogP) is 3.44. The number of carbonyl (C=O) groups is 2.